The molecule has 1 saturated heterocycles. The van der Waals surface area contributed by atoms with Crippen LogP contribution in [-0.2, 0) is 11.3 Å². The minimum absolute atomic E-state index is 0.0106. The Balaban J connectivity index is 1.62. The molecule has 0 bridgehead atoms. The smallest absolute Gasteiger partial charge is 0.227 e. The number of allylic oxidation sites excluding steroid dienone is 1. The number of aryl methyl sites for hydroxylation is 1. The second-order valence-electron chi connectivity index (χ2n) is 9.46. The first-order chi connectivity index (χ1) is 16.1. The Kier molecular flexibility index (Phi) is 5.80. The zero-order valence-electron chi connectivity index (χ0n) is 19.6. The number of rotatable bonds is 5. The summed E-state index contributed by atoms with van der Waals surface area (Å²) in [5.41, 5.74) is 5.81. The summed E-state index contributed by atoms with van der Waals surface area (Å²) in [6.45, 7) is 4.92. The quantitative estimate of drug-likeness (QED) is 0.422. The van der Waals surface area contributed by atoms with Crippen molar-refractivity contribution in [2.75, 3.05) is 7.11 Å². The predicted octanol–water partition coefficient (Wildman–Crippen LogP) is 6.58. The van der Waals surface area contributed by atoms with E-state index in [0.29, 0.717) is 12.5 Å². The molecule has 0 aromatic heterocycles. The van der Waals surface area contributed by atoms with Gasteiger partial charge in [-0.2, -0.15) is 0 Å². The summed E-state index contributed by atoms with van der Waals surface area (Å²) >= 11 is 0. The Morgan fingerprint density at radius 1 is 0.970 bits per heavy atom. The van der Waals surface area contributed by atoms with Crippen molar-refractivity contribution in [1.29, 1.82) is 0 Å². The second kappa shape index (κ2) is 8.90. The van der Waals surface area contributed by atoms with Crippen LogP contribution >= 0.6 is 0 Å². The molecule has 33 heavy (non-hydrogen) atoms. The highest BCUT2D eigenvalue weighted by Crippen LogP contribution is 2.51. The highest BCUT2D eigenvalue weighted by molar-refractivity contribution is 5.84. The van der Waals surface area contributed by atoms with Crippen molar-refractivity contribution in [1.82, 2.24) is 4.90 Å². The third kappa shape index (κ3) is 3.97. The topological polar surface area (TPSA) is 29.5 Å². The van der Waals surface area contributed by atoms with E-state index in [1.54, 1.807) is 7.11 Å². The zero-order valence-corrected chi connectivity index (χ0v) is 19.6. The first kappa shape index (κ1) is 21.5. The van der Waals surface area contributed by atoms with Crippen molar-refractivity contribution >= 4 is 5.91 Å². The summed E-state index contributed by atoms with van der Waals surface area (Å²) in [5, 5.41) is 0. The number of nitrogens with zero attached hydrogens (tertiary/aromatic N) is 1. The molecule has 4 atom stereocenters. The maximum atomic E-state index is 13.8. The second-order valence-corrected chi connectivity index (χ2v) is 9.46. The van der Waals surface area contributed by atoms with Gasteiger partial charge < -0.3 is 9.64 Å². The summed E-state index contributed by atoms with van der Waals surface area (Å²) in [5.74, 6) is 1.59. The van der Waals surface area contributed by atoms with Gasteiger partial charge in [0.25, 0.3) is 0 Å². The van der Waals surface area contributed by atoms with Gasteiger partial charge in [-0.25, -0.2) is 0 Å². The van der Waals surface area contributed by atoms with Crippen molar-refractivity contribution in [3.63, 3.8) is 0 Å². The fourth-order valence-corrected chi connectivity index (χ4v) is 5.56. The molecule has 3 heteroatoms. The summed E-state index contributed by atoms with van der Waals surface area (Å²) in [6, 6.07) is 25.3. The normalized spacial score (nSPS) is 24.1. The van der Waals surface area contributed by atoms with Gasteiger partial charge in [-0.05, 0) is 48.1 Å². The number of carbonyl (C=O) groups excluding carboxylic acids is 1. The molecule has 2 aliphatic rings. The molecule has 0 unspecified atom stereocenters. The third-order valence-corrected chi connectivity index (χ3v) is 7.29. The lowest BCUT2D eigenvalue weighted by Gasteiger charge is -2.31. The van der Waals surface area contributed by atoms with Crippen LogP contribution in [0.5, 0.6) is 5.75 Å². The molecule has 0 N–H and O–H groups in total. The molecular formula is C30H31NO2. The van der Waals surface area contributed by atoms with Gasteiger partial charge in [0.2, 0.25) is 5.91 Å². The number of amides is 1. The molecule has 3 aromatic rings. The third-order valence-electron chi connectivity index (χ3n) is 7.29. The molecule has 168 valence electrons. The number of ether oxygens (including phenoxy) is 1. The molecule has 1 heterocycles. The van der Waals surface area contributed by atoms with E-state index in [0.717, 1.165) is 28.9 Å². The first-order valence-corrected chi connectivity index (χ1v) is 11.8. The lowest BCUT2D eigenvalue weighted by atomic mass is 9.75. The van der Waals surface area contributed by atoms with E-state index in [4.69, 9.17) is 4.74 Å². The number of benzene rings is 3. The Bertz CT molecular complexity index is 1170. The molecule has 3 aromatic carbocycles. The monoisotopic (exact) mass is 437 g/mol. The van der Waals surface area contributed by atoms with Crippen LogP contribution < -0.4 is 4.74 Å². The van der Waals surface area contributed by atoms with Gasteiger partial charge in [-0.3, -0.25) is 4.79 Å². The lowest BCUT2D eigenvalue weighted by molar-refractivity contribution is -0.134. The van der Waals surface area contributed by atoms with E-state index in [2.05, 4.69) is 85.5 Å². The minimum Gasteiger partial charge on any atom is -0.496 e. The van der Waals surface area contributed by atoms with E-state index in [1.165, 1.54) is 11.1 Å². The van der Waals surface area contributed by atoms with Gasteiger partial charge in [0.05, 0.1) is 13.2 Å². The fraction of sp³-hybridized carbons (Fsp3) is 0.300. The van der Waals surface area contributed by atoms with Crippen LogP contribution in [0.15, 0.2) is 84.9 Å². The van der Waals surface area contributed by atoms with Gasteiger partial charge in [-0.1, -0.05) is 85.3 Å². The molecule has 3 nitrogen and oxygen atoms in total. The Morgan fingerprint density at radius 2 is 1.70 bits per heavy atom. The van der Waals surface area contributed by atoms with Gasteiger partial charge >= 0.3 is 0 Å². The Hall–Kier alpha value is -3.33. The van der Waals surface area contributed by atoms with Gasteiger partial charge in [0.15, 0.2) is 0 Å². The molecule has 1 fully saturated rings. The molecular weight excluding hydrogens is 406 g/mol. The van der Waals surface area contributed by atoms with Crippen molar-refractivity contribution in [3.8, 4) is 16.9 Å². The number of hydrogen-bond acceptors (Lipinski definition) is 2. The molecule has 0 saturated carbocycles. The molecule has 0 radical (unpaired) electrons. The highest BCUT2D eigenvalue weighted by Gasteiger charge is 2.51. The van der Waals surface area contributed by atoms with E-state index in [9.17, 15) is 4.79 Å². The molecule has 5 rings (SSSR count). The summed E-state index contributed by atoms with van der Waals surface area (Å²) in [7, 11) is 1.72. The Morgan fingerprint density at radius 3 is 2.42 bits per heavy atom. The van der Waals surface area contributed by atoms with Crippen LogP contribution in [0.3, 0.4) is 0 Å². The van der Waals surface area contributed by atoms with Crippen LogP contribution in [0.2, 0.25) is 0 Å². The summed E-state index contributed by atoms with van der Waals surface area (Å²) in [4.78, 5) is 15.9. The predicted molar refractivity (Wildman–Crippen MR) is 133 cm³/mol. The van der Waals surface area contributed by atoms with Crippen molar-refractivity contribution in [2.24, 2.45) is 17.8 Å². The fourth-order valence-electron chi connectivity index (χ4n) is 5.56. The number of carbonyl (C=O) groups is 1. The summed E-state index contributed by atoms with van der Waals surface area (Å²) < 4.78 is 5.85. The minimum atomic E-state index is -0.0537. The number of likely N-dealkylation sites (tertiary alicyclic amines) is 1. The van der Waals surface area contributed by atoms with Crippen molar-refractivity contribution < 1.29 is 9.53 Å². The lowest BCUT2D eigenvalue weighted by Crippen LogP contribution is -2.30. The van der Waals surface area contributed by atoms with Crippen molar-refractivity contribution in [2.45, 2.75) is 32.9 Å². The number of methoxy groups -OCH3 is 1. The zero-order chi connectivity index (χ0) is 22.9. The maximum absolute atomic E-state index is 13.8. The van der Waals surface area contributed by atoms with Crippen molar-refractivity contribution in [3.05, 3.63) is 102 Å². The molecule has 1 aliphatic heterocycles. The van der Waals surface area contributed by atoms with Crippen LogP contribution in [-0.4, -0.2) is 17.9 Å². The maximum Gasteiger partial charge on any atom is 0.227 e. The van der Waals surface area contributed by atoms with E-state index >= 15 is 0 Å². The SMILES string of the molecule is COc1ccc(-c2ccc(C)cc2)cc1[C@H]1[C@@H]2C=CC[C@H](C)[C@H]2C(=O)N1Cc1ccccc1. The molecule has 1 amide bonds. The Labute approximate surface area is 196 Å². The van der Waals surface area contributed by atoms with Crippen LogP contribution in [0.1, 0.15) is 36.1 Å². The van der Waals surface area contributed by atoms with Crippen LogP contribution in [0, 0.1) is 24.7 Å². The molecule has 1 aliphatic carbocycles. The van der Waals surface area contributed by atoms with E-state index < -0.39 is 0 Å². The van der Waals surface area contributed by atoms with Crippen LogP contribution in [0.4, 0.5) is 0 Å². The van der Waals surface area contributed by atoms with Gasteiger partial charge in [0.1, 0.15) is 5.75 Å². The first-order valence-electron chi connectivity index (χ1n) is 11.8. The average molecular weight is 438 g/mol. The largest absolute Gasteiger partial charge is 0.496 e. The van der Waals surface area contributed by atoms with Crippen LogP contribution in [0.25, 0.3) is 11.1 Å². The number of fused-ring (bicyclic) bond motifs is 1. The average Bonchev–Trinajstić information content (AvgIpc) is 3.12. The summed E-state index contributed by atoms with van der Waals surface area (Å²) in [6.07, 6.45) is 5.49. The standard InChI is InChI=1S/C30H31NO2/c1-20-12-14-23(15-13-20)24-16-17-27(33-3)26(18-24)29-25-11-7-8-21(2)28(25)30(32)31(29)19-22-9-5-4-6-10-22/h4-7,9-18,21,25,28-29H,8,19H2,1-3H3/t21-,25+,28+,29+/m0/s1. The number of hydrogen-bond donors (Lipinski definition) is 0. The highest BCUT2D eigenvalue weighted by atomic mass is 16.5. The van der Waals surface area contributed by atoms with Gasteiger partial charge in [-0.15, -0.1) is 0 Å². The van der Waals surface area contributed by atoms with E-state index in [1.807, 2.05) is 18.2 Å². The molecule has 0 spiro atoms. The van der Waals surface area contributed by atoms with Gasteiger partial charge in [0, 0.05) is 23.9 Å². The van der Waals surface area contributed by atoms with E-state index in [-0.39, 0.29) is 23.8 Å².